The number of rotatable bonds is 4. The Balaban J connectivity index is 1.74. The summed E-state index contributed by atoms with van der Waals surface area (Å²) in [5.74, 6) is -0.0203. The Labute approximate surface area is 145 Å². The third kappa shape index (κ3) is 3.86. The summed E-state index contributed by atoms with van der Waals surface area (Å²) < 4.78 is 0. The quantitative estimate of drug-likeness (QED) is 0.772. The topological polar surface area (TPSA) is 54.9 Å². The zero-order valence-corrected chi connectivity index (χ0v) is 14.8. The van der Waals surface area contributed by atoms with Gasteiger partial charge in [0.25, 0.3) is 0 Å². The molecule has 0 saturated carbocycles. The molecule has 0 bridgehead atoms. The summed E-state index contributed by atoms with van der Waals surface area (Å²) in [6.07, 6.45) is 3.83. The first-order valence-electron chi connectivity index (χ1n) is 7.76. The molecule has 0 aliphatic carbocycles. The molecule has 0 aliphatic rings. The number of anilines is 1. The number of nitrogens with zero attached hydrogens (tertiary/aromatic N) is 2. The first-order valence-corrected chi connectivity index (χ1v) is 8.58. The molecule has 0 unspecified atom stereocenters. The number of benzene rings is 1. The van der Waals surface area contributed by atoms with E-state index in [0.717, 1.165) is 38.0 Å². The Bertz CT molecular complexity index is 851. The number of carbonyl (C=O) groups is 1. The van der Waals surface area contributed by atoms with Crippen molar-refractivity contribution < 1.29 is 4.79 Å². The van der Waals surface area contributed by atoms with Gasteiger partial charge in [-0.25, -0.2) is 4.98 Å². The van der Waals surface area contributed by atoms with Crippen LogP contribution in [0.5, 0.6) is 0 Å². The van der Waals surface area contributed by atoms with E-state index in [1.165, 1.54) is 0 Å². The molecule has 4 nitrogen and oxygen atoms in total. The summed E-state index contributed by atoms with van der Waals surface area (Å²) in [4.78, 5) is 22.0. The highest BCUT2D eigenvalue weighted by molar-refractivity contribution is 7.15. The van der Waals surface area contributed by atoms with E-state index < -0.39 is 0 Å². The van der Waals surface area contributed by atoms with Crippen molar-refractivity contribution in [2.75, 3.05) is 5.32 Å². The van der Waals surface area contributed by atoms with Crippen LogP contribution in [0.2, 0.25) is 0 Å². The van der Waals surface area contributed by atoms with Crippen LogP contribution in [0.3, 0.4) is 0 Å². The van der Waals surface area contributed by atoms with Gasteiger partial charge in [0.05, 0.1) is 12.1 Å². The van der Waals surface area contributed by atoms with Crippen molar-refractivity contribution in [2.24, 2.45) is 0 Å². The molecule has 2 aromatic heterocycles. The third-order valence-corrected chi connectivity index (χ3v) is 4.85. The van der Waals surface area contributed by atoms with Crippen LogP contribution in [-0.2, 0) is 11.2 Å². The van der Waals surface area contributed by atoms with Crippen molar-refractivity contribution in [2.45, 2.75) is 27.2 Å². The predicted octanol–water partition coefficient (Wildman–Crippen LogP) is 4.31. The molecule has 0 saturated heterocycles. The largest absolute Gasteiger partial charge is 0.326 e. The molecule has 122 valence electrons. The number of hydrogen-bond acceptors (Lipinski definition) is 4. The molecule has 1 aromatic carbocycles. The molecule has 0 spiro atoms. The normalized spacial score (nSPS) is 10.6. The molecule has 0 fully saturated rings. The van der Waals surface area contributed by atoms with Gasteiger partial charge in [0.1, 0.15) is 5.01 Å². The molecular weight excluding hydrogens is 318 g/mol. The summed E-state index contributed by atoms with van der Waals surface area (Å²) >= 11 is 1.56. The monoisotopic (exact) mass is 337 g/mol. The van der Waals surface area contributed by atoms with Crippen molar-refractivity contribution in [3.63, 3.8) is 0 Å². The molecular formula is C19H19N3OS. The van der Waals surface area contributed by atoms with E-state index in [1.807, 2.05) is 45.0 Å². The molecule has 0 aliphatic heterocycles. The lowest BCUT2D eigenvalue weighted by atomic mass is 10.1. The zero-order valence-electron chi connectivity index (χ0n) is 14.0. The van der Waals surface area contributed by atoms with Crippen LogP contribution in [0.25, 0.3) is 10.6 Å². The van der Waals surface area contributed by atoms with E-state index in [4.69, 9.17) is 0 Å². The highest BCUT2D eigenvalue weighted by Crippen LogP contribution is 2.28. The molecule has 3 aromatic rings. The fourth-order valence-electron chi connectivity index (χ4n) is 2.61. The maximum Gasteiger partial charge on any atom is 0.229 e. The van der Waals surface area contributed by atoms with Crippen molar-refractivity contribution in [3.8, 4) is 10.6 Å². The van der Waals surface area contributed by atoms with Crippen molar-refractivity contribution in [3.05, 3.63) is 64.4 Å². The minimum absolute atomic E-state index is 0.0203. The second kappa shape index (κ2) is 6.93. The average molecular weight is 337 g/mol. The van der Waals surface area contributed by atoms with E-state index in [2.05, 4.69) is 21.4 Å². The SMILES string of the molecule is Cc1cc(C)cc(NC(=O)Cc2sc(-c3ccncc3)nc2C)c1. The van der Waals surface area contributed by atoms with Crippen molar-refractivity contribution in [1.29, 1.82) is 0 Å². The number of pyridine rings is 1. The van der Waals surface area contributed by atoms with E-state index in [-0.39, 0.29) is 5.91 Å². The van der Waals surface area contributed by atoms with Gasteiger partial charge in [0.2, 0.25) is 5.91 Å². The lowest BCUT2D eigenvalue weighted by molar-refractivity contribution is -0.115. The lowest BCUT2D eigenvalue weighted by Crippen LogP contribution is -2.14. The Morgan fingerprint density at radius 2 is 1.75 bits per heavy atom. The molecule has 5 heteroatoms. The third-order valence-electron chi connectivity index (χ3n) is 3.65. The highest BCUT2D eigenvalue weighted by atomic mass is 32.1. The number of amides is 1. The van der Waals surface area contributed by atoms with Crippen LogP contribution >= 0.6 is 11.3 Å². The molecule has 1 amide bonds. The Morgan fingerprint density at radius 1 is 1.08 bits per heavy atom. The van der Waals surface area contributed by atoms with Gasteiger partial charge in [-0.15, -0.1) is 11.3 Å². The number of thiazole rings is 1. The second-order valence-corrected chi connectivity index (χ2v) is 6.95. The van der Waals surface area contributed by atoms with Crippen molar-refractivity contribution in [1.82, 2.24) is 9.97 Å². The van der Waals surface area contributed by atoms with Crippen LogP contribution in [0, 0.1) is 20.8 Å². The van der Waals surface area contributed by atoms with Crippen LogP contribution in [0.4, 0.5) is 5.69 Å². The first kappa shape index (κ1) is 16.3. The van der Waals surface area contributed by atoms with Gasteiger partial charge in [-0.05, 0) is 56.2 Å². The van der Waals surface area contributed by atoms with Gasteiger partial charge in [-0.1, -0.05) is 6.07 Å². The fourth-order valence-corrected chi connectivity index (χ4v) is 3.67. The maximum atomic E-state index is 12.4. The molecule has 1 N–H and O–H groups in total. The minimum Gasteiger partial charge on any atom is -0.326 e. The van der Waals surface area contributed by atoms with E-state index in [1.54, 1.807) is 23.7 Å². The van der Waals surface area contributed by atoms with Gasteiger partial charge in [0, 0.05) is 28.5 Å². The van der Waals surface area contributed by atoms with Gasteiger partial charge in [-0.3, -0.25) is 9.78 Å². The smallest absolute Gasteiger partial charge is 0.229 e. The Kier molecular flexibility index (Phi) is 4.71. The summed E-state index contributed by atoms with van der Waals surface area (Å²) in [5.41, 5.74) is 5.05. The Hall–Kier alpha value is -2.53. The number of aryl methyl sites for hydroxylation is 3. The van der Waals surface area contributed by atoms with Crippen LogP contribution < -0.4 is 5.32 Å². The summed E-state index contributed by atoms with van der Waals surface area (Å²) in [6, 6.07) is 9.90. The second-order valence-electron chi connectivity index (χ2n) is 5.86. The predicted molar refractivity (Wildman–Crippen MR) is 98.3 cm³/mol. The van der Waals surface area contributed by atoms with Crippen LogP contribution in [0.1, 0.15) is 21.7 Å². The number of aromatic nitrogens is 2. The number of carbonyl (C=O) groups excluding carboxylic acids is 1. The first-order chi connectivity index (χ1) is 11.5. The van der Waals surface area contributed by atoms with Crippen LogP contribution in [0.15, 0.2) is 42.7 Å². The molecule has 24 heavy (non-hydrogen) atoms. The van der Waals surface area contributed by atoms with E-state index in [0.29, 0.717) is 6.42 Å². The fraction of sp³-hybridized carbons (Fsp3) is 0.211. The van der Waals surface area contributed by atoms with Gasteiger partial charge in [0.15, 0.2) is 0 Å². The van der Waals surface area contributed by atoms with Gasteiger partial charge in [-0.2, -0.15) is 0 Å². The highest BCUT2D eigenvalue weighted by Gasteiger charge is 2.13. The van der Waals surface area contributed by atoms with E-state index >= 15 is 0 Å². The van der Waals surface area contributed by atoms with Crippen molar-refractivity contribution >= 4 is 22.9 Å². The average Bonchev–Trinajstić information content (AvgIpc) is 2.88. The summed E-state index contributed by atoms with van der Waals surface area (Å²) in [6.45, 7) is 5.99. The lowest BCUT2D eigenvalue weighted by Gasteiger charge is -2.07. The maximum absolute atomic E-state index is 12.4. The standard InChI is InChI=1S/C19H19N3OS/c1-12-8-13(2)10-16(9-12)22-18(23)11-17-14(3)21-19(24-17)15-4-6-20-7-5-15/h4-10H,11H2,1-3H3,(H,22,23). The molecule has 0 atom stereocenters. The zero-order chi connectivity index (χ0) is 17.1. The van der Waals surface area contributed by atoms with E-state index in [9.17, 15) is 4.79 Å². The Morgan fingerprint density at radius 3 is 2.42 bits per heavy atom. The van der Waals surface area contributed by atoms with Gasteiger partial charge >= 0.3 is 0 Å². The van der Waals surface area contributed by atoms with Gasteiger partial charge < -0.3 is 5.32 Å². The van der Waals surface area contributed by atoms with Crippen LogP contribution in [-0.4, -0.2) is 15.9 Å². The summed E-state index contributed by atoms with van der Waals surface area (Å²) in [5, 5.41) is 3.90. The minimum atomic E-state index is -0.0203. The number of hydrogen-bond donors (Lipinski definition) is 1. The molecule has 2 heterocycles. The number of nitrogens with one attached hydrogen (secondary N) is 1. The summed E-state index contributed by atoms with van der Waals surface area (Å²) in [7, 11) is 0. The molecule has 0 radical (unpaired) electrons. The molecule has 3 rings (SSSR count).